The van der Waals surface area contributed by atoms with Gasteiger partial charge in [0.2, 0.25) is 5.91 Å². The molecule has 0 bridgehead atoms. The van der Waals surface area contributed by atoms with Crippen LogP contribution in [0.4, 0.5) is 0 Å². The van der Waals surface area contributed by atoms with E-state index in [9.17, 15) is 9.90 Å². The second-order valence-corrected chi connectivity index (χ2v) is 4.66. The Morgan fingerprint density at radius 3 is 2.65 bits per heavy atom. The summed E-state index contributed by atoms with van der Waals surface area (Å²) >= 11 is 0. The lowest BCUT2D eigenvalue weighted by Crippen LogP contribution is -2.32. The summed E-state index contributed by atoms with van der Waals surface area (Å²) in [5, 5.41) is 12.2. The number of aryl methyl sites for hydroxylation is 1. The van der Waals surface area contributed by atoms with E-state index >= 15 is 0 Å². The van der Waals surface area contributed by atoms with Crippen LogP contribution in [0.15, 0.2) is 48.7 Å². The maximum absolute atomic E-state index is 12.0. The van der Waals surface area contributed by atoms with Crippen LogP contribution in [0, 0.1) is 6.92 Å². The van der Waals surface area contributed by atoms with Gasteiger partial charge in [-0.15, -0.1) is 0 Å². The molecular weight excluding hydrogens is 252 g/mol. The van der Waals surface area contributed by atoms with Gasteiger partial charge in [-0.25, -0.2) is 0 Å². The number of nitrogens with zero attached hydrogens (tertiary/aromatic N) is 1. The fraction of sp³-hybridized carbons (Fsp3) is 0.250. The SMILES string of the molecule is Cc1cccnc1CC(=O)NC(CO)c1ccccc1. The molecule has 0 saturated carbocycles. The van der Waals surface area contributed by atoms with E-state index in [0.29, 0.717) is 0 Å². The molecule has 1 heterocycles. The van der Waals surface area contributed by atoms with Crippen LogP contribution in [0.25, 0.3) is 0 Å². The van der Waals surface area contributed by atoms with Crippen molar-refractivity contribution < 1.29 is 9.90 Å². The van der Waals surface area contributed by atoms with Crippen molar-refractivity contribution in [2.75, 3.05) is 6.61 Å². The second-order valence-electron chi connectivity index (χ2n) is 4.66. The van der Waals surface area contributed by atoms with Gasteiger partial charge in [0, 0.05) is 6.20 Å². The average molecular weight is 270 g/mol. The number of hydrogen-bond acceptors (Lipinski definition) is 3. The predicted octanol–water partition coefficient (Wildman–Crippen LogP) is 1.78. The molecule has 0 radical (unpaired) electrons. The molecule has 20 heavy (non-hydrogen) atoms. The molecule has 0 aliphatic heterocycles. The van der Waals surface area contributed by atoms with Gasteiger partial charge in [0.05, 0.1) is 24.8 Å². The van der Waals surface area contributed by atoms with Gasteiger partial charge in [-0.2, -0.15) is 0 Å². The quantitative estimate of drug-likeness (QED) is 0.870. The van der Waals surface area contributed by atoms with Crippen LogP contribution in [0.1, 0.15) is 22.9 Å². The van der Waals surface area contributed by atoms with Crippen molar-refractivity contribution in [3.63, 3.8) is 0 Å². The molecule has 4 nitrogen and oxygen atoms in total. The van der Waals surface area contributed by atoms with Crippen LogP contribution in [0.2, 0.25) is 0 Å². The molecule has 0 aliphatic rings. The standard InChI is InChI=1S/C16H18N2O2/c1-12-6-5-9-17-14(12)10-16(20)18-15(11-19)13-7-3-2-4-8-13/h2-9,15,19H,10-11H2,1H3,(H,18,20). The first-order valence-electron chi connectivity index (χ1n) is 6.56. The number of aliphatic hydroxyl groups excluding tert-OH is 1. The Labute approximate surface area is 118 Å². The maximum atomic E-state index is 12.0. The summed E-state index contributed by atoms with van der Waals surface area (Å²) in [6.45, 7) is 1.80. The lowest BCUT2D eigenvalue weighted by atomic mass is 10.1. The summed E-state index contributed by atoms with van der Waals surface area (Å²) in [6.07, 6.45) is 1.90. The smallest absolute Gasteiger partial charge is 0.226 e. The molecule has 1 unspecified atom stereocenters. The highest BCUT2D eigenvalue weighted by Gasteiger charge is 2.14. The number of hydrogen-bond donors (Lipinski definition) is 2. The van der Waals surface area contributed by atoms with E-state index in [4.69, 9.17) is 0 Å². The molecule has 0 saturated heterocycles. The van der Waals surface area contributed by atoms with Crippen molar-refractivity contribution in [1.29, 1.82) is 0 Å². The minimum Gasteiger partial charge on any atom is -0.394 e. The lowest BCUT2D eigenvalue weighted by molar-refractivity contribution is -0.121. The summed E-state index contributed by atoms with van der Waals surface area (Å²) in [5.74, 6) is -0.144. The van der Waals surface area contributed by atoms with Crippen LogP contribution in [-0.4, -0.2) is 22.6 Å². The number of carbonyl (C=O) groups excluding carboxylic acids is 1. The van der Waals surface area contributed by atoms with E-state index in [1.807, 2.05) is 49.4 Å². The Hall–Kier alpha value is -2.20. The molecule has 0 fully saturated rings. The first kappa shape index (κ1) is 14.2. The summed E-state index contributed by atoms with van der Waals surface area (Å²) in [5.41, 5.74) is 2.64. The fourth-order valence-electron chi connectivity index (χ4n) is 2.02. The fourth-order valence-corrected chi connectivity index (χ4v) is 2.02. The average Bonchev–Trinajstić information content (AvgIpc) is 2.48. The topological polar surface area (TPSA) is 62.2 Å². The molecule has 2 N–H and O–H groups in total. The molecule has 4 heteroatoms. The normalized spacial score (nSPS) is 11.9. The van der Waals surface area contributed by atoms with Crippen molar-refractivity contribution in [3.8, 4) is 0 Å². The number of aromatic nitrogens is 1. The van der Waals surface area contributed by atoms with Crippen LogP contribution >= 0.6 is 0 Å². The second kappa shape index (κ2) is 6.82. The number of nitrogens with one attached hydrogen (secondary N) is 1. The van der Waals surface area contributed by atoms with Gasteiger partial charge in [0.1, 0.15) is 0 Å². The zero-order chi connectivity index (χ0) is 14.4. The van der Waals surface area contributed by atoms with Crippen molar-refractivity contribution in [2.45, 2.75) is 19.4 Å². The largest absolute Gasteiger partial charge is 0.394 e. The third kappa shape index (κ3) is 3.65. The summed E-state index contributed by atoms with van der Waals surface area (Å²) in [6, 6.07) is 12.8. The van der Waals surface area contributed by atoms with Crippen LogP contribution in [0.3, 0.4) is 0 Å². The third-order valence-electron chi connectivity index (χ3n) is 3.17. The van der Waals surface area contributed by atoms with Crippen molar-refractivity contribution in [3.05, 3.63) is 65.5 Å². The Morgan fingerprint density at radius 1 is 1.25 bits per heavy atom. The highest BCUT2D eigenvalue weighted by Crippen LogP contribution is 2.12. The molecular formula is C16H18N2O2. The van der Waals surface area contributed by atoms with Gasteiger partial charge < -0.3 is 10.4 Å². The van der Waals surface area contributed by atoms with Gasteiger partial charge in [0.15, 0.2) is 0 Å². The minimum atomic E-state index is -0.382. The number of pyridine rings is 1. The molecule has 0 aliphatic carbocycles. The van der Waals surface area contributed by atoms with Gasteiger partial charge in [0.25, 0.3) is 0 Å². The van der Waals surface area contributed by atoms with Gasteiger partial charge in [-0.1, -0.05) is 36.4 Å². The summed E-state index contributed by atoms with van der Waals surface area (Å²) in [7, 11) is 0. The molecule has 104 valence electrons. The number of aliphatic hydroxyl groups is 1. The summed E-state index contributed by atoms with van der Waals surface area (Å²) in [4.78, 5) is 16.2. The van der Waals surface area contributed by atoms with E-state index < -0.39 is 0 Å². The minimum absolute atomic E-state index is 0.128. The number of rotatable bonds is 5. The van der Waals surface area contributed by atoms with Crippen molar-refractivity contribution >= 4 is 5.91 Å². The lowest BCUT2D eigenvalue weighted by Gasteiger charge is -2.16. The van der Waals surface area contributed by atoms with Gasteiger partial charge >= 0.3 is 0 Å². The molecule has 1 amide bonds. The summed E-state index contributed by atoms with van der Waals surface area (Å²) < 4.78 is 0. The van der Waals surface area contributed by atoms with E-state index in [1.54, 1.807) is 6.20 Å². The monoisotopic (exact) mass is 270 g/mol. The Morgan fingerprint density at radius 2 is 2.00 bits per heavy atom. The van der Waals surface area contributed by atoms with E-state index in [2.05, 4.69) is 10.3 Å². The zero-order valence-electron chi connectivity index (χ0n) is 11.4. The third-order valence-corrected chi connectivity index (χ3v) is 3.17. The van der Waals surface area contributed by atoms with E-state index in [0.717, 1.165) is 16.8 Å². The Bertz CT molecular complexity index is 570. The first-order chi connectivity index (χ1) is 9.70. The molecule has 0 spiro atoms. The molecule has 2 aromatic rings. The van der Waals surface area contributed by atoms with Crippen molar-refractivity contribution in [1.82, 2.24) is 10.3 Å². The van der Waals surface area contributed by atoms with Crippen LogP contribution < -0.4 is 5.32 Å². The maximum Gasteiger partial charge on any atom is 0.226 e. The first-order valence-corrected chi connectivity index (χ1v) is 6.56. The molecule has 2 rings (SSSR count). The van der Waals surface area contributed by atoms with Gasteiger partial charge in [-0.3, -0.25) is 9.78 Å². The molecule has 1 atom stereocenters. The Kier molecular flexibility index (Phi) is 4.85. The van der Waals surface area contributed by atoms with E-state index in [-0.39, 0.29) is 25.0 Å². The highest BCUT2D eigenvalue weighted by molar-refractivity contribution is 5.78. The number of benzene rings is 1. The van der Waals surface area contributed by atoms with Gasteiger partial charge in [-0.05, 0) is 24.1 Å². The number of amides is 1. The highest BCUT2D eigenvalue weighted by atomic mass is 16.3. The molecule has 1 aromatic carbocycles. The van der Waals surface area contributed by atoms with Crippen LogP contribution in [0.5, 0.6) is 0 Å². The molecule has 1 aromatic heterocycles. The zero-order valence-corrected chi connectivity index (χ0v) is 11.4. The predicted molar refractivity (Wildman–Crippen MR) is 77.1 cm³/mol. The van der Waals surface area contributed by atoms with Crippen LogP contribution in [-0.2, 0) is 11.2 Å². The van der Waals surface area contributed by atoms with E-state index in [1.165, 1.54) is 0 Å². The number of carbonyl (C=O) groups is 1. The van der Waals surface area contributed by atoms with Crippen molar-refractivity contribution in [2.24, 2.45) is 0 Å². The Balaban J connectivity index is 2.02.